The molecule has 1 aliphatic rings. The molecular formula is C20H22N4O2. The van der Waals surface area contributed by atoms with Gasteiger partial charge in [0, 0.05) is 18.2 Å². The van der Waals surface area contributed by atoms with Gasteiger partial charge in [0.25, 0.3) is 0 Å². The summed E-state index contributed by atoms with van der Waals surface area (Å²) in [4.78, 5) is 16.6. The summed E-state index contributed by atoms with van der Waals surface area (Å²) in [5, 5.41) is 25.3. The second kappa shape index (κ2) is 8.45. The van der Waals surface area contributed by atoms with E-state index in [1.807, 2.05) is 18.2 Å². The normalized spacial score (nSPS) is 17.9. The fraction of sp³-hybridized carbons (Fsp3) is 0.350. The zero-order valence-corrected chi connectivity index (χ0v) is 14.5. The van der Waals surface area contributed by atoms with Gasteiger partial charge in [-0.25, -0.2) is 0 Å². The Hall–Kier alpha value is -2.91. The molecule has 1 fully saturated rings. The summed E-state index contributed by atoms with van der Waals surface area (Å²) in [5.74, 6) is 0.0601. The maximum Gasteiger partial charge on any atom is 0.238 e. The standard InChI is InChI=1S/C20H22N4O2/c21-12-15(24-20(26)18-6-3-4-10-22-18)11-14-8-9-17(23-13-14)16-5-1-2-7-19(16)25/h1-2,5,7-9,13,15,18,22,25H,3-4,6,10-11H2,(H,24,26)/t15-,18?/m0/s1. The number of aromatic nitrogens is 1. The molecule has 1 unspecified atom stereocenters. The number of carbonyl (C=O) groups is 1. The smallest absolute Gasteiger partial charge is 0.238 e. The van der Waals surface area contributed by atoms with Crippen LogP contribution in [-0.2, 0) is 11.2 Å². The van der Waals surface area contributed by atoms with Gasteiger partial charge in [-0.2, -0.15) is 5.26 Å². The molecule has 2 aromatic rings. The van der Waals surface area contributed by atoms with Crippen molar-refractivity contribution in [2.24, 2.45) is 0 Å². The summed E-state index contributed by atoms with van der Waals surface area (Å²) in [5.41, 5.74) is 2.18. The fourth-order valence-corrected chi connectivity index (χ4v) is 3.11. The first kappa shape index (κ1) is 17.9. The maximum absolute atomic E-state index is 12.3. The van der Waals surface area contributed by atoms with E-state index >= 15 is 0 Å². The number of hydrogen-bond acceptors (Lipinski definition) is 5. The van der Waals surface area contributed by atoms with Gasteiger partial charge in [-0.05, 0) is 43.1 Å². The van der Waals surface area contributed by atoms with Crippen LogP contribution in [0.15, 0.2) is 42.6 Å². The van der Waals surface area contributed by atoms with Crippen molar-refractivity contribution in [3.8, 4) is 23.1 Å². The van der Waals surface area contributed by atoms with Crippen molar-refractivity contribution < 1.29 is 9.90 Å². The first-order valence-corrected chi connectivity index (χ1v) is 8.84. The molecule has 1 aromatic carbocycles. The number of aromatic hydroxyl groups is 1. The maximum atomic E-state index is 12.3. The van der Waals surface area contributed by atoms with Crippen LogP contribution >= 0.6 is 0 Å². The molecule has 0 aliphatic carbocycles. The molecule has 1 aromatic heterocycles. The van der Waals surface area contributed by atoms with Crippen LogP contribution in [0.4, 0.5) is 0 Å². The topological polar surface area (TPSA) is 98.0 Å². The third kappa shape index (κ3) is 4.38. The monoisotopic (exact) mass is 350 g/mol. The van der Waals surface area contributed by atoms with Crippen LogP contribution in [0.5, 0.6) is 5.75 Å². The number of phenols is 1. The fourth-order valence-electron chi connectivity index (χ4n) is 3.11. The third-order valence-corrected chi connectivity index (χ3v) is 4.54. The molecule has 6 nitrogen and oxygen atoms in total. The number of rotatable bonds is 5. The van der Waals surface area contributed by atoms with Crippen molar-refractivity contribution >= 4 is 5.91 Å². The quantitative estimate of drug-likeness (QED) is 0.767. The highest BCUT2D eigenvalue weighted by Gasteiger charge is 2.23. The predicted molar refractivity (Wildman–Crippen MR) is 98.2 cm³/mol. The first-order valence-electron chi connectivity index (χ1n) is 8.84. The average Bonchev–Trinajstić information content (AvgIpc) is 2.69. The van der Waals surface area contributed by atoms with Crippen molar-refractivity contribution in [2.75, 3.05) is 6.54 Å². The van der Waals surface area contributed by atoms with Gasteiger partial charge in [0.2, 0.25) is 5.91 Å². The van der Waals surface area contributed by atoms with E-state index in [0.29, 0.717) is 17.7 Å². The van der Waals surface area contributed by atoms with Gasteiger partial charge < -0.3 is 15.7 Å². The van der Waals surface area contributed by atoms with Crippen molar-refractivity contribution in [1.82, 2.24) is 15.6 Å². The van der Waals surface area contributed by atoms with Crippen molar-refractivity contribution in [3.05, 3.63) is 48.2 Å². The highest BCUT2D eigenvalue weighted by atomic mass is 16.3. The minimum atomic E-state index is -0.594. The highest BCUT2D eigenvalue weighted by Crippen LogP contribution is 2.26. The van der Waals surface area contributed by atoms with Gasteiger partial charge >= 0.3 is 0 Å². The molecule has 1 saturated heterocycles. The largest absolute Gasteiger partial charge is 0.507 e. The van der Waals surface area contributed by atoms with Gasteiger partial charge in [-0.1, -0.05) is 24.6 Å². The number of hydrogen-bond donors (Lipinski definition) is 3. The van der Waals surface area contributed by atoms with Crippen LogP contribution in [0.25, 0.3) is 11.3 Å². The van der Waals surface area contributed by atoms with Gasteiger partial charge in [0.1, 0.15) is 11.8 Å². The lowest BCUT2D eigenvalue weighted by molar-refractivity contribution is -0.124. The van der Waals surface area contributed by atoms with E-state index in [1.54, 1.807) is 24.4 Å². The molecule has 0 spiro atoms. The number of carbonyl (C=O) groups excluding carboxylic acids is 1. The molecule has 2 atom stereocenters. The number of amides is 1. The predicted octanol–water partition coefficient (Wildman–Crippen LogP) is 2.15. The van der Waals surface area contributed by atoms with E-state index in [0.717, 1.165) is 31.4 Å². The molecule has 3 N–H and O–H groups in total. The molecule has 0 saturated carbocycles. The lowest BCUT2D eigenvalue weighted by Crippen LogP contribution is -2.49. The zero-order valence-electron chi connectivity index (χ0n) is 14.5. The molecule has 2 heterocycles. The number of benzene rings is 1. The molecule has 0 bridgehead atoms. The van der Waals surface area contributed by atoms with Gasteiger partial charge in [-0.15, -0.1) is 0 Å². The Labute approximate surface area is 152 Å². The SMILES string of the molecule is N#C[C@H](Cc1ccc(-c2ccccc2O)nc1)NC(=O)C1CCCCN1. The second-order valence-electron chi connectivity index (χ2n) is 6.47. The van der Waals surface area contributed by atoms with Crippen LogP contribution in [0.3, 0.4) is 0 Å². The zero-order chi connectivity index (χ0) is 18.4. The van der Waals surface area contributed by atoms with Crippen molar-refractivity contribution in [1.29, 1.82) is 5.26 Å². The summed E-state index contributed by atoms with van der Waals surface area (Å²) in [6.45, 7) is 0.840. The molecule has 1 aliphatic heterocycles. The minimum absolute atomic E-state index is 0.116. The number of para-hydroxylation sites is 1. The summed E-state index contributed by atoms with van der Waals surface area (Å²) in [6.07, 6.45) is 4.99. The Morgan fingerprint density at radius 3 is 2.85 bits per heavy atom. The molecule has 3 rings (SSSR count). The van der Waals surface area contributed by atoms with E-state index in [9.17, 15) is 15.2 Å². The van der Waals surface area contributed by atoms with Crippen LogP contribution in [0.1, 0.15) is 24.8 Å². The van der Waals surface area contributed by atoms with E-state index in [1.165, 1.54) is 0 Å². The number of nitrogens with zero attached hydrogens (tertiary/aromatic N) is 2. The summed E-state index contributed by atoms with van der Waals surface area (Å²) >= 11 is 0. The molecule has 1 amide bonds. The average molecular weight is 350 g/mol. The Morgan fingerprint density at radius 2 is 2.19 bits per heavy atom. The van der Waals surface area contributed by atoms with E-state index in [4.69, 9.17) is 0 Å². The number of pyridine rings is 1. The first-order chi connectivity index (χ1) is 12.7. The van der Waals surface area contributed by atoms with E-state index in [-0.39, 0.29) is 17.7 Å². The molecule has 26 heavy (non-hydrogen) atoms. The van der Waals surface area contributed by atoms with E-state index < -0.39 is 6.04 Å². The van der Waals surface area contributed by atoms with Crippen molar-refractivity contribution in [2.45, 2.75) is 37.8 Å². The number of piperidine rings is 1. The summed E-state index contributed by atoms with van der Waals surface area (Å²) in [7, 11) is 0. The van der Waals surface area contributed by atoms with Gasteiger partial charge in [0.15, 0.2) is 0 Å². The minimum Gasteiger partial charge on any atom is -0.507 e. The summed E-state index contributed by atoms with van der Waals surface area (Å²) < 4.78 is 0. The molecule has 0 radical (unpaired) electrons. The van der Waals surface area contributed by atoms with Crippen LogP contribution in [0.2, 0.25) is 0 Å². The highest BCUT2D eigenvalue weighted by molar-refractivity contribution is 5.82. The molecular weight excluding hydrogens is 328 g/mol. The Bertz CT molecular complexity index is 792. The Kier molecular flexibility index (Phi) is 5.82. The second-order valence-corrected chi connectivity index (χ2v) is 6.47. The summed E-state index contributed by atoms with van der Waals surface area (Å²) in [6, 6.07) is 12.0. The van der Waals surface area contributed by atoms with Gasteiger partial charge in [-0.3, -0.25) is 9.78 Å². The van der Waals surface area contributed by atoms with E-state index in [2.05, 4.69) is 21.7 Å². The number of nitriles is 1. The lowest BCUT2D eigenvalue weighted by Gasteiger charge is -2.23. The van der Waals surface area contributed by atoms with Gasteiger partial charge in [0.05, 0.1) is 17.8 Å². The number of nitrogens with one attached hydrogen (secondary N) is 2. The third-order valence-electron chi connectivity index (χ3n) is 4.54. The Morgan fingerprint density at radius 1 is 1.35 bits per heavy atom. The molecule has 134 valence electrons. The molecule has 6 heteroatoms. The number of phenolic OH excluding ortho intramolecular Hbond substituents is 1. The van der Waals surface area contributed by atoms with Crippen molar-refractivity contribution in [3.63, 3.8) is 0 Å². The van der Waals surface area contributed by atoms with Crippen LogP contribution in [0, 0.1) is 11.3 Å². The lowest BCUT2D eigenvalue weighted by atomic mass is 10.0. The Balaban J connectivity index is 1.62. The van der Waals surface area contributed by atoms with Crippen LogP contribution < -0.4 is 10.6 Å². The van der Waals surface area contributed by atoms with Crippen LogP contribution in [-0.4, -0.2) is 34.6 Å².